The van der Waals surface area contributed by atoms with Crippen LogP contribution in [0.4, 0.5) is 5.69 Å². The number of hydrogen-bond acceptors (Lipinski definition) is 4. The molecular weight excluding hydrogens is 366 g/mol. The third-order valence-corrected chi connectivity index (χ3v) is 4.59. The van der Waals surface area contributed by atoms with E-state index in [2.05, 4.69) is 10.3 Å². The van der Waals surface area contributed by atoms with Crippen molar-refractivity contribution >= 4 is 34.1 Å². The Morgan fingerprint density at radius 2 is 2.11 bits per heavy atom. The van der Waals surface area contributed by atoms with Crippen molar-refractivity contribution in [1.29, 1.82) is 0 Å². The van der Waals surface area contributed by atoms with Gasteiger partial charge in [-0.25, -0.2) is 4.98 Å². The van der Waals surface area contributed by atoms with Crippen LogP contribution in [0.3, 0.4) is 0 Å². The molecule has 0 aliphatic rings. The summed E-state index contributed by atoms with van der Waals surface area (Å²) in [5.74, 6) is 0.405. The molecule has 0 unspecified atom stereocenters. The van der Waals surface area contributed by atoms with E-state index in [0.29, 0.717) is 40.3 Å². The molecule has 0 aliphatic carbocycles. The quantitative estimate of drug-likeness (QED) is 0.700. The topological polar surface area (TPSA) is 73.2 Å². The molecule has 3 aromatic rings. The maximum absolute atomic E-state index is 12.5. The van der Waals surface area contributed by atoms with Gasteiger partial charge in [-0.1, -0.05) is 23.7 Å². The smallest absolute Gasteiger partial charge is 0.261 e. The molecule has 140 valence electrons. The van der Waals surface area contributed by atoms with Crippen LogP contribution in [0.1, 0.15) is 18.4 Å². The van der Waals surface area contributed by atoms with E-state index in [9.17, 15) is 9.59 Å². The van der Waals surface area contributed by atoms with Gasteiger partial charge in [0.15, 0.2) is 0 Å². The van der Waals surface area contributed by atoms with Crippen LogP contribution in [0.15, 0.2) is 47.5 Å². The van der Waals surface area contributed by atoms with Crippen molar-refractivity contribution in [1.82, 2.24) is 9.55 Å². The van der Waals surface area contributed by atoms with Gasteiger partial charge < -0.3 is 10.1 Å². The lowest BCUT2D eigenvalue weighted by atomic mass is 10.1. The summed E-state index contributed by atoms with van der Waals surface area (Å²) >= 11 is 6.05. The van der Waals surface area contributed by atoms with Gasteiger partial charge in [0.25, 0.3) is 5.56 Å². The fourth-order valence-electron chi connectivity index (χ4n) is 2.87. The summed E-state index contributed by atoms with van der Waals surface area (Å²) in [5, 5.41) is 3.81. The molecule has 1 aromatic heterocycles. The fourth-order valence-corrected chi connectivity index (χ4v) is 3.13. The molecule has 0 spiro atoms. The lowest BCUT2D eigenvalue weighted by Gasteiger charge is -2.09. The number of nitrogens with zero attached hydrogens (tertiary/aromatic N) is 2. The molecule has 27 heavy (non-hydrogen) atoms. The first kappa shape index (κ1) is 18.9. The van der Waals surface area contributed by atoms with Crippen LogP contribution >= 0.6 is 11.6 Å². The predicted octanol–water partition coefficient (Wildman–Crippen LogP) is 3.79. The highest BCUT2D eigenvalue weighted by Crippen LogP contribution is 2.27. The number of benzene rings is 2. The standard InChI is InChI=1S/C20H20ClN3O3/c1-13-5-3-6-15-19(13)22-12-24(20(15)26)10-4-7-18(25)23-14-8-9-17(27-2)16(21)11-14/h3,5-6,8-9,11-12H,4,7,10H2,1-2H3,(H,23,25). The minimum atomic E-state index is -0.145. The number of carbonyl (C=O) groups excluding carboxylic acids is 1. The van der Waals surface area contributed by atoms with Crippen molar-refractivity contribution in [2.75, 3.05) is 12.4 Å². The Morgan fingerprint density at radius 3 is 2.85 bits per heavy atom. The van der Waals surface area contributed by atoms with Crippen molar-refractivity contribution in [2.45, 2.75) is 26.3 Å². The number of nitrogens with one attached hydrogen (secondary N) is 1. The molecule has 0 saturated heterocycles. The molecule has 6 nitrogen and oxygen atoms in total. The second kappa shape index (κ2) is 8.22. The third kappa shape index (κ3) is 4.28. The zero-order chi connectivity index (χ0) is 19.4. The van der Waals surface area contributed by atoms with Crippen LogP contribution in [0.2, 0.25) is 5.02 Å². The molecule has 0 atom stereocenters. The zero-order valence-electron chi connectivity index (χ0n) is 15.2. The molecule has 3 rings (SSSR count). The molecule has 0 saturated carbocycles. The molecular formula is C20H20ClN3O3. The average molecular weight is 386 g/mol. The highest BCUT2D eigenvalue weighted by molar-refractivity contribution is 6.32. The van der Waals surface area contributed by atoms with E-state index in [-0.39, 0.29) is 17.9 Å². The van der Waals surface area contributed by atoms with Crippen LogP contribution in [0, 0.1) is 6.92 Å². The summed E-state index contributed by atoms with van der Waals surface area (Å²) in [6.45, 7) is 2.35. The highest BCUT2D eigenvalue weighted by Gasteiger charge is 2.08. The van der Waals surface area contributed by atoms with Gasteiger partial charge in [-0.2, -0.15) is 0 Å². The van der Waals surface area contributed by atoms with Crippen molar-refractivity contribution in [3.8, 4) is 5.75 Å². The average Bonchev–Trinajstić information content (AvgIpc) is 2.64. The van der Waals surface area contributed by atoms with E-state index in [1.54, 1.807) is 35.2 Å². The Labute approximate surface area is 161 Å². The summed E-state index contributed by atoms with van der Waals surface area (Å²) in [6, 6.07) is 10.6. The Morgan fingerprint density at radius 1 is 1.30 bits per heavy atom. The van der Waals surface area contributed by atoms with Crippen LogP contribution in [0.25, 0.3) is 10.9 Å². The third-order valence-electron chi connectivity index (χ3n) is 4.29. The van der Waals surface area contributed by atoms with Crippen LogP contribution in [-0.2, 0) is 11.3 Å². The Hall–Kier alpha value is -2.86. The first-order valence-electron chi connectivity index (χ1n) is 8.58. The summed E-state index contributed by atoms with van der Waals surface area (Å²) in [7, 11) is 1.53. The van der Waals surface area contributed by atoms with Crippen molar-refractivity contribution in [3.05, 3.63) is 63.7 Å². The van der Waals surface area contributed by atoms with E-state index in [1.807, 2.05) is 19.1 Å². The number of fused-ring (bicyclic) bond motifs is 1. The molecule has 0 bridgehead atoms. The SMILES string of the molecule is COc1ccc(NC(=O)CCCn2cnc3c(C)cccc3c2=O)cc1Cl. The number of aryl methyl sites for hydroxylation is 2. The van der Waals surface area contributed by atoms with Gasteiger partial charge in [0.2, 0.25) is 5.91 Å². The Bertz CT molecular complexity index is 1050. The highest BCUT2D eigenvalue weighted by atomic mass is 35.5. The van der Waals surface area contributed by atoms with Crippen LogP contribution in [-0.4, -0.2) is 22.6 Å². The molecule has 2 aromatic carbocycles. The number of hydrogen-bond donors (Lipinski definition) is 1. The largest absolute Gasteiger partial charge is 0.495 e. The number of anilines is 1. The number of carbonyl (C=O) groups is 1. The number of para-hydroxylation sites is 1. The van der Waals surface area contributed by atoms with Gasteiger partial charge in [-0.05, 0) is 43.2 Å². The summed E-state index contributed by atoms with van der Waals surface area (Å²) in [4.78, 5) is 29.0. The van der Waals surface area contributed by atoms with Gasteiger partial charge in [0, 0.05) is 18.7 Å². The number of halogens is 1. The lowest BCUT2D eigenvalue weighted by Crippen LogP contribution is -2.22. The molecule has 0 aliphatic heterocycles. The zero-order valence-corrected chi connectivity index (χ0v) is 15.9. The maximum Gasteiger partial charge on any atom is 0.261 e. The number of ether oxygens (including phenoxy) is 1. The van der Waals surface area contributed by atoms with Gasteiger partial charge in [0.05, 0.1) is 29.4 Å². The molecule has 1 heterocycles. The minimum absolute atomic E-state index is 0.0916. The fraction of sp³-hybridized carbons (Fsp3) is 0.250. The van der Waals surface area contributed by atoms with E-state index in [1.165, 1.54) is 7.11 Å². The van der Waals surface area contributed by atoms with Crippen LogP contribution in [0.5, 0.6) is 5.75 Å². The van der Waals surface area contributed by atoms with Gasteiger partial charge >= 0.3 is 0 Å². The monoisotopic (exact) mass is 385 g/mol. The molecule has 7 heteroatoms. The number of aromatic nitrogens is 2. The van der Waals surface area contributed by atoms with Gasteiger partial charge in [0.1, 0.15) is 5.75 Å². The van der Waals surface area contributed by atoms with Gasteiger partial charge in [-0.15, -0.1) is 0 Å². The predicted molar refractivity (Wildman–Crippen MR) is 107 cm³/mol. The van der Waals surface area contributed by atoms with E-state index < -0.39 is 0 Å². The van der Waals surface area contributed by atoms with E-state index in [0.717, 1.165) is 5.56 Å². The molecule has 0 fully saturated rings. The van der Waals surface area contributed by atoms with Crippen molar-refractivity contribution in [3.63, 3.8) is 0 Å². The number of methoxy groups -OCH3 is 1. The van der Waals surface area contributed by atoms with Crippen molar-refractivity contribution in [2.24, 2.45) is 0 Å². The molecule has 0 radical (unpaired) electrons. The first-order valence-corrected chi connectivity index (χ1v) is 8.95. The number of amides is 1. The Balaban J connectivity index is 1.60. The van der Waals surface area contributed by atoms with Crippen LogP contribution < -0.4 is 15.6 Å². The van der Waals surface area contributed by atoms with Gasteiger partial charge in [-0.3, -0.25) is 14.2 Å². The normalized spacial score (nSPS) is 10.8. The summed E-state index contributed by atoms with van der Waals surface area (Å²) in [5.41, 5.74) is 2.19. The van der Waals surface area contributed by atoms with E-state index >= 15 is 0 Å². The first-order chi connectivity index (χ1) is 13.0. The van der Waals surface area contributed by atoms with Crippen molar-refractivity contribution < 1.29 is 9.53 Å². The Kier molecular flexibility index (Phi) is 5.76. The lowest BCUT2D eigenvalue weighted by molar-refractivity contribution is -0.116. The maximum atomic E-state index is 12.5. The number of rotatable bonds is 6. The molecule has 1 amide bonds. The second-order valence-corrected chi connectivity index (χ2v) is 6.62. The molecule has 1 N–H and O–H groups in total. The second-order valence-electron chi connectivity index (χ2n) is 6.22. The summed E-state index contributed by atoms with van der Waals surface area (Å²) < 4.78 is 6.63. The summed E-state index contributed by atoms with van der Waals surface area (Å²) in [6.07, 6.45) is 2.34. The van der Waals surface area contributed by atoms with E-state index in [4.69, 9.17) is 16.3 Å². The minimum Gasteiger partial charge on any atom is -0.495 e.